The van der Waals surface area contributed by atoms with Crippen LogP contribution < -0.4 is 5.19 Å². The topological polar surface area (TPSA) is 31.0 Å². The number of aromatic nitrogens is 2. The minimum atomic E-state index is -1.40. The fourth-order valence-electron chi connectivity index (χ4n) is 7.90. The molecule has 0 bridgehead atoms. The maximum atomic E-state index is 6.88. The molecule has 2 heterocycles. The van der Waals surface area contributed by atoms with E-state index in [0.717, 1.165) is 49.9 Å². The third kappa shape index (κ3) is 6.31. The summed E-state index contributed by atoms with van der Waals surface area (Å²) >= 11 is 0. The Bertz CT molecular complexity index is 2630. The van der Waals surface area contributed by atoms with Gasteiger partial charge in [0, 0.05) is 10.8 Å². The van der Waals surface area contributed by atoms with E-state index < -0.39 is 8.07 Å². The Hall–Kier alpha value is -5.19. The van der Waals surface area contributed by atoms with Gasteiger partial charge in [-0.25, -0.2) is 4.98 Å². The van der Waals surface area contributed by atoms with Crippen molar-refractivity contribution in [1.82, 2.24) is 9.55 Å². The van der Waals surface area contributed by atoms with Gasteiger partial charge in [0.25, 0.3) is 0 Å². The van der Waals surface area contributed by atoms with Gasteiger partial charge in [-0.3, -0.25) is 4.57 Å². The highest BCUT2D eigenvalue weighted by Gasteiger charge is 2.26. The number of fused-ring (bicyclic) bond motifs is 4. The Morgan fingerprint density at radius 1 is 0.611 bits per heavy atom. The van der Waals surface area contributed by atoms with Crippen LogP contribution in [0.3, 0.4) is 0 Å². The average molecular weight is 725 g/mol. The summed E-state index contributed by atoms with van der Waals surface area (Å²) < 4.78 is 9.30. The fourth-order valence-corrected chi connectivity index (χ4v) is 9.06. The zero-order valence-corrected chi connectivity index (χ0v) is 34.5. The molecule has 0 aliphatic carbocycles. The zero-order chi connectivity index (χ0) is 38.1. The molecule has 0 unspecified atom stereocenters. The Morgan fingerprint density at radius 3 is 1.85 bits per heavy atom. The summed E-state index contributed by atoms with van der Waals surface area (Å²) in [4.78, 5) is 5.39. The van der Waals surface area contributed by atoms with Crippen LogP contribution in [0.2, 0.25) is 19.6 Å². The summed E-state index contributed by atoms with van der Waals surface area (Å²) in [7, 11) is -1.40. The summed E-state index contributed by atoms with van der Waals surface area (Å²) in [5.41, 5.74) is 15.0. The van der Waals surface area contributed by atoms with Crippen LogP contribution in [-0.2, 0) is 5.41 Å². The Labute approximate surface area is 321 Å². The number of para-hydroxylation sites is 3. The number of imidazole rings is 1. The van der Waals surface area contributed by atoms with Crippen molar-refractivity contribution in [3.05, 3.63) is 138 Å². The highest BCUT2D eigenvalue weighted by atomic mass is 28.3. The van der Waals surface area contributed by atoms with Crippen LogP contribution in [0.15, 0.2) is 126 Å². The molecule has 0 radical (unpaired) electrons. The Kier molecular flexibility index (Phi) is 8.81. The van der Waals surface area contributed by atoms with E-state index in [4.69, 9.17) is 9.40 Å². The van der Waals surface area contributed by atoms with Crippen molar-refractivity contribution in [2.24, 2.45) is 0 Å². The summed E-state index contributed by atoms with van der Waals surface area (Å²) in [6.07, 6.45) is 0. The molecule has 8 aromatic rings. The van der Waals surface area contributed by atoms with Crippen LogP contribution >= 0.6 is 0 Å². The second-order valence-corrected chi connectivity index (χ2v) is 22.8. The van der Waals surface area contributed by atoms with E-state index in [1.807, 2.05) is 0 Å². The monoisotopic (exact) mass is 724 g/mol. The number of rotatable bonds is 7. The summed E-state index contributed by atoms with van der Waals surface area (Å²) in [5, 5.41) is 3.69. The van der Waals surface area contributed by atoms with Crippen LogP contribution in [0.5, 0.6) is 0 Å². The van der Waals surface area contributed by atoms with Crippen molar-refractivity contribution in [2.45, 2.75) is 85.4 Å². The van der Waals surface area contributed by atoms with Gasteiger partial charge < -0.3 is 4.42 Å². The molecule has 0 aliphatic heterocycles. The first-order valence-corrected chi connectivity index (χ1v) is 23.0. The van der Waals surface area contributed by atoms with Crippen LogP contribution in [0.4, 0.5) is 0 Å². The first-order chi connectivity index (χ1) is 25.7. The van der Waals surface area contributed by atoms with Crippen LogP contribution in [-0.4, -0.2) is 17.6 Å². The van der Waals surface area contributed by atoms with Gasteiger partial charge in [-0.1, -0.05) is 152 Å². The second kappa shape index (κ2) is 13.3. The molecule has 2 aromatic heterocycles. The predicted molar refractivity (Wildman–Crippen MR) is 235 cm³/mol. The molecule has 8 rings (SSSR count). The molecule has 0 aliphatic rings. The van der Waals surface area contributed by atoms with Gasteiger partial charge in [0.1, 0.15) is 17.0 Å². The summed E-state index contributed by atoms with van der Waals surface area (Å²) in [5.74, 6) is 1.46. The van der Waals surface area contributed by atoms with E-state index in [1.165, 1.54) is 44.3 Å². The van der Waals surface area contributed by atoms with Crippen LogP contribution in [0.1, 0.15) is 77.0 Å². The Balaban J connectivity index is 1.33. The van der Waals surface area contributed by atoms with Crippen molar-refractivity contribution in [3.63, 3.8) is 0 Å². The summed E-state index contributed by atoms with van der Waals surface area (Å²) in [6.45, 7) is 23.2. The van der Waals surface area contributed by atoms with Crippen LogP contribution in [0.25, 0.3) is 72.3 Å². The smallest absolute Gasteiger partial charge is 0.149 e. The molecule has 4 heteroatoms. The van der Waals surface area contributed by atoms with Gasteiger partial charge >= 0.3 is 0 Å². The molecule has 3 nitrogen and oxygen atoms in total. The van der Waals surface area contributed by atoms with Crippen LogP contribution in [0, 0.1) is 0 Å². The lowest BCUT2D eigenvalue weighted by molar-refractivity contribution is 0.590. The maximum Gasteiger partial charge on any atom is 0.149 e. The van der Waals surface area contributed by atoms with Crippen molar-refractivity contribution < 1.29 is 4.42 Å². The SMILES string of the molecule is CC(C)c1cc(-c2ccc([Si](C)(C)C)cc2)cc(C(C)C)c1-n1c(-c2cccc3c2oc2cc(-c4ccc(C(C)(C)C)cc4)ccc23)nc2ccccc21. The minimum absolute atomic E-state index is 0.113. The fraction of sp³-hybridized carbons (Fsp3) is 0.260. The molecular formula is C50H52N2OSi. The molecule has 272 valence electrons. The number of furan rings is 1. The third-order valence-electron chi connectivity index (χ3n) is 11.1. The Morgan fingerprint density at radius 2 is 1.22 bits per heavy atom. The van der Waals surface area contributed by atoms with Crippen molar-refractivity contribution in [2.75, 3.05) is 0 Å². The molecule has 0 N–H and O–H groups in total. The largest absolute Gasteiger partial charge is 0.455 e. The first-order valence-electron chi connectivity index (χ1n) is 19.5. The lowest BCUT2D eigenvalue weighted by atomic mass is 9.86. The van der Waals surface area contributed by atoms with E-state index in [2.05, 4.69) is 194 Å². The van der Waals surface area contributed by atoms with Gasteiger partial charge in [0.05, 0.1) is 30.4 Å². The molecule has 0 amide bonds. The van der Waals surface area contributed by atoms with Gasteiger partial charge in [0.2, 0.25) is 0 Å². The first kappa shape index (κ1) is 35.8. The van der Waals surface area contributed by atoms with E-state index in [9.17, 15) is 0 Å². The standard InChI is InChI=1S/C50H52N2OSi/c1-31(2)42-28-36(34-20-25-38(26-21-34)54(8,9)10)29-43(32(3)4)47(42)52-45-17-12-11-16-44(45)51-49(52)41-15-13-14-40-39-27-22-35(30-46(39)53-48(40)41)33-18-23-37(24-19-33)50(5,6)7/h11-32H,1-10H3. The van der Waals surface area contributed by atoms with Gasteiger partial charge in [-0.15, -0.1) is 0 Å². The van der Waals surface area contributed by atoms with E-state index in [1.54, 1.807) is 0 Å². The van der Waals surface area contributed by atoms with Gasteiger partial charge in [-0.05, 0) is 98.7 Å². The molecule has 54 heavy (non-hydrogen) atoms. The number of benzene rings is 6. The molecule has 6 aromatic carbocycles. The van der Waals surface area contributed by atoms with Gasteiger partial charge in [0.15, 0.2) is 0 Å². The van der Waals surface area contributed by atoms with Gasteiger partial charge in [-0.2, -0.15) is 0 Å². The number of hydrogen-bond acceptors (Lipinski definition) is 2. The highest BCUT2D eigenvalue weighted by Crippen LogP contribution is 2.43. The van der Waals surface area contributed by atoms with E-state index >= 15 is 0 Å². The second-order valence-electron chi connectivity index (χ2n) is 17.7. The van der Waals surface area contributed by atoms with E-state index in [-0.39, 0.29) is 17.3 Å². The average Bonchev–Trinajstić information content (AvgIpc) is 3.72. The minimum Gasteiger partial charge on any atom is -0.455 e. The van der Waals surface area contributed by atoms with Crippen molar-refractivity contribution in [3.8, 4) is 39.3 Å². The van der Waals surface area contributed by atoms with Crippen molar-refractivity contribution in [1.29, 1.82) is 0 Å². The zero-order valence-electron chi connectivity index (χ0n) is 33.5. The lowest BCUT2D eigenvalue weighted by Crippen LogP contribution is -2.37. The molecule has 0 fully saturated rings. The maximum absolute atomic E-state index is 6.88. The predicted octanol–water partition coefficient (Wildman–Crippen LogP) is 14.0. The van der Waals surface area contributed by atoms with Crippen molar-refractivity contribution >= 4 is 46.2 Å². The third-order valence-corrected chi connectivity index (χ3v) is 13.2. The normalized spacial score (nSPS) is 12.6. The van der Waals surface area contributed by atoms with E-state index in [0.29, 0.717) is 0 Å². The molecule has 0 saturated carbocycles. The summed E-state index contributed by atoms with van der Waals surface area (Å²) in [6, 6.07) is 44.8. The highest BCUT2D eigenvalue weighted by molar-refractivity contribution is 6.88. The molecule has 0 spiro atoms. The number of hydrogen-bond donors (Lipinski definition) is 0. The molecule has 0 atom stereocenters. The molecule has 0 saturated heterocycles. The molecular weight excluding hydrogens is 673 g/mol. The lowest BCUT2D eigenvalue weighted by Gasteiger charge is -2.24. The quantitative estimate of drug-likeness (QED) is 0.153. The number of nitrogens with zero attached hydrogens (tertiary/aromatic N) is 2.